The smallest absolute Gasteiger partial charge is 0.317 e. The van der Waals surface area contributed by atoms with Gasteiger partial charge >= 0.3 is 11.9 Å². The van der Waals surface area contributed by atoms with Gasteiger partial charge in [0, 0.05) is 6.54 Å². The zero-order chi connectivity index (χ0) is 12.7. The van der Waals surface area contributed by atoms with Crippen molar-refractivity contribution in [3.05, 3.63) is 0 Å². The number of hydrogen-bond donors (Lipinski definition) is 2. The van der Waals surface area contributed by atoms with Gasteiger partial charge in [-0.1, -0.05) is 25.7 Å². The lowest BCUT2D eigenvalue weighted by molar-refractivity contribution is -0.142. The second-order valence-electron chi connectivity index (χ2n) is 4.81. The average Bonchev–Trinajstić information content (AvgIpc) is 2.44. The third-order valence-corrected chi connectivity index (χ3v) is 3.21. The number of carboxylic acids is 2. The Kier molecular flexibility index (Phi) is 5.97. The first kappa shape index (κ1) is 14.0. The molecule has 0 unspecified atom stereocenters. The van der Waals surface area contributed by atoms with Crippen LogP contribution in [-0.4, -0.2) is 46.7 Å². The first-order valence-electron chi connectivity index (χ1n) is 6.24. The highest BCUT2D eigenvalue weighted by Crippen LogP contribution is 2.23. The summed E-state index contributed by atoms with van der Waals surface area (Å²) in [5.74, 6) is -1.46. The topological polar surface area (TPSA) is 77.8 Å². The summed E-state index contributed by atoms with van der Waals surface area (Å²) in [7, 11) is 0. The molecule has 98 valence electrons. The zero-order valence-electron chi connectivity index (χ0n) is 10.1. The highest BCUT2D eigenvalue weighted by Gasteiger charge is 2.19. The summed E-state index contributed by atoms with van der Waals surface area (Å²) >= 11 is 0. The summed E-state index contributed by atoms with van der Waals surface area (Å²) in [5.41, 5.74) is 0. The minimum Gasteiger partial charge on any atom is -0.480 e. The largest absolute Gasteiger partial charge is 0.480 e. The van der Waals surface area contributed by atoms with Crippen molar-refractivity contribution < 1.29 is 19.8 Å². The summed E-state index contributed by atoms with van der Waals surface area (Å²) in [6.45, 7) is 0.240. The molecule has 1 aliphatic rings. The third-order valence-electron chi connectivity index (χ3n) is 3.21. The summed E-state index contributed by atoms with van der Waals surface area (Å²) in [4.78, 5) is 22.9. The molecule has 0 atom stereocenters. The van der Waals surface area contributed by atoms with Crippen molar-refractivity contribution >= 4 is 11.9 Å². The zero-order valence-corrected chi connectivity index (χ0v) is 10.1. The van der Waals surface area contributed by atoms with Crippen LogP contribution in [-0.2, 0) is 9.59 Å². The van der Waals surface area contributed by atoms with E-state index in [9.17, 15) is 9.59 Å². The maximum atomic E-state index is 10.7. The Bertz CT molecular complexity index is 243. The number of aliphatic carboxylic acids is 2. The van der Waals surface area contributed by atoms with E-state index in [-0.39, 0.29) is 13.1 Å². The molecular weight excluding hydrogens is 222 g/mol. The van der Waals surface area contributed by atoms with E-state index in [1.165, 1.54) is 30.6 Å². The van der Waals surface area contributed by atoms with Crippen LogP contribution in [0.3, 0.4) is 0 Å². The minimum atomic E-state index is -0.958. The van der Waals surface area contributed by atoms with Gasteiger partial charge < -0.3 is 10.2 Å². The molecule has 0 aromatic carbocycles. The third kappa shape index (κ3) is 6.26. The van der Waals surface area contributed by atoms with Crippen LogP contribution in [0.15, 0.2) is 0 Å². The van der Waals surface area contributed by atoms with Gasteiger partial charge in [0.05, 0.1) is 13.1 Å². The Morgan fingerprint density at radius 2 is 1.41 bits per heavy atom. The van der Waals surface area contributed by atoms with Crippen LogP contribution >= 0.6 is 0 Å². The van der Waals surface area contributed by atoms with Crippen LogP contribution in [0.25, 0.3) is 0 Å². The van der Waals surface area contributed by atoms with E-state index < -0.39 is 11.9 Å². The minimum absolute atomic E-state index is 0.178. The standard InChI is InChI=1S/C12H21NO4/c14-11(15)8-13(9-12(16)17)7-10-5-3-1-2-4-6-10/h10H,1-9H2,(H,14,15)(H,16,17). The van der Waals surface area contributed by atoms with E-state index in [0.29, 0.717) is 12.5 Å². The van der Waals surface area contributed by atoms with Gasteiger partial charge in [0.15, 0.2) is 0 Å². The van der Waals surface area contributed by atoms with E-state index in [1.807, 2.05) is 0 Å². The summed E-state index contributed by atoms with van der Waals surface area (Å²) in [6.07, 6.45) is 7.03. The Morgan fingerprint density at radius 1 is 0.941 bits per heavy atom. The molecule has 0 aromatic heterocycles. The number of nitrogens with zero attached hydrogens (tertiary/aromatic N) is 1. The average molecular weight is 243 g/mol. The van der Waals surface area contributed by atoms with Crippen LogP contribution in [0, 0.1) is 5.92 Å². The fraction of sp³-hybridized carbons (Fsp3) is 0.833. The van der Waals surface area contributed by atoms with Gasteiger partial charge in [-0.2, -0.15) is 0 Å². The maximum Gasteiger partial charge on any atom is 0.317 e. The molecule has 0 amide bonds. The Morgan fingerprint density at radius 3 is 1.82 bits per heavy atom. The second-order valence-corrected chi connectivity index (χ2v) is 4.81. The summed E-state index contributed by atoms with van der Waals surface area (Å²) < 4.78 is 0. The Hall–Kier alpha value is -1.10. The van der Waals surface area contributed by atoms with Crippen molar-refractivity contribution in [3.63, 3.8) is 0 Å². The summed E-state index contributed by atoms with van der Waals surface area (Å²) in [5, 5.41) is 17.5. The molecule has 0 radical (unpaired) electrons. The molecule has 2 N–H and O–H groups in total. The maximum absolute atomic E-state index is 10.7. The first-order chi connectivity index (χ1) is 8.08. The molecule has 1 fully saturated rings. The Balaban J connectivity index is 2.44. The molecule has 5 heteroatoms. The van der Waals surface area contributed by atoms with E-state index in [2.05, 4.69) is 0 Å². The van der Waals surface area contributed by atoms with Gasteiger partial charge in [0.25, 0.3) is 0 Å². The monoisotopic (exact) mass is 243 g/mol. The molecule has 5 nitrogen and oxygen atoms in total. The van der Waals surface area contributed by atoms with Crippen LogP contribution in [0.5, 0.6) is 0 Å². The molecule has 0 heterocycles. The van der Waals surface area contributed by atoms with E-state index >= 15 is 0 Å². The molecule has 1 aliphatic carbocycles. The van der Waals surface area contributed by atoms with Crippen molar-refractivity contribution in [1.29, 1.82) is 0 Å². The van der Waals surface area contributed by atoms with Gasteiger partial charge in [-0.25, -0.2) is 0 Å². The number of hydrogen-bond acceptors (Lipinski definition) is 3. The van der Waals surface area contributed by atoms with Crippen LogP contribution < -0.4 is 0 Å². The Labute approximate surface area is 101 Å². The molecule has 0 spiro atoms. The molecule has 0 aromatic rings. The lowest BCUT2D eigenvalue weighted by Gasteiger charge is -2.23. The predicted molar refractivity (Wildman–Crippen MR) is 62.9 cm³/mol. The lowest BCUT2D eigenvalue weighted by atomic mass is 10.00. The lowest BCUT2D eigenvalue weighted by Crippen LogP contribution is -2.37. The number of carbonyl (C=O) groups is 2. The molecule has 1 rings (SSSR count). The number of carboxylic acid groups (broad SMARTS) is 2. The van der Waals surface area contributed by atoms with Crippen LogP contribution in [0.1, 0.15) is 38.5 Å². The number of rotatable bonds is 6. The first-order valence-corrected chi connectivity index (χ1v) is 6.24. The fourth-order valence-electron chi connectivity index (χ4n) is 2.48. The van der Waals surface area contributed by atoms with E-state index in [4.69, 9.17) is 10.2 Å². The quantitative estimate of drug-likeness (QED) is 0.690. The van der Waals surface area contributed by atoms with Gasteiger partial charge in [0.2, 0.25) is 0 Å². The van der Waals surface area contributed by atoms with Crippen LogP contribution in [0.2, 0.25) is 0 Å². The second kappa shape index (κ2) is 7.27. The van der Waals surface area contributed by atoms with Crippen molar-refractivity contribution in [1.82, 2.24) is 4.90 Å². The normalized spacial score (nSPS) is 17.9. The van der Waals surface area contributed by atoms with Gasteiger partial charge in [-0.15, -0.1) is 0 Å². The van der Waals surface area contributed by atoms with Gasteiger partial charge in [-0.05, 0) is 18.8 Å². The molecule has 1 saturated carbocycles. The molecule has 0 aliphatic heterocycles. The highest BCUT2D eigenvalue weighted by atomic mass is 16.4. The van der Waals surface area contributed by atoms with Gasteiger partial charge in [0.1, 0.15) is 0 Å². The SMILES string of the molecule is O=C(O)CN(CC(=O)O)CC1CCCCCC1. The van der Waals surface area contributed by atoms with Crippen molar-refractivity contribution in [3.8, 4) is 0 Å². The fourth-order valence-corrected chi connectivity index (χ4v) is 2.48. The van der Waals surface area contributed by atoms with Crippen molar-refractivity contribution in [2.75, 3.05) is 19.6 Å². The van der Waals surface area contributed by atoms with Crippen LogP contribution in [0.4, 0.5) is 0 Å². The van der Waals surface area contributed by atoms with E-state index in [0.717, 1.165) is 12.8 Å². The summed E-state index contributed by atoms with van der Waals surface area (Å²) in [6, 6.07) is 0. The highest BCUT2D eigenvalue weighted by molar-refractivity contribution is 5.72. The molecule has 0 saturated heterocycles. The molecular formula is C12H21NO4. The van der Waals surface area contributed by atoms with Gasteiger partial charge in [-0.3, -0.25) is 14.5 Å². The van der Waals surface area contributed by atoms with E-state index in [1.54, 1.807) is 0 Å². The van der Waals surface area contributed by atoms with Crippen molar-refractivity contribution in [2.45, 2.75) is 38.5 Å². The van der Waals surface area contributed by atoms with Crippen molar-refractivity contribution in [2.24, 2.45) is 5.92 Å². The molecule has 0 bridgehead atoms. The predicted octanol–water partition coefficient (Wildman–Crippen LogP) is 1.43. The molecule has 17 heavy (non-hydrogen) atoms.